The summed E-state index contributed by atoms with van der Waals surface area (Å²) >= 11 is 0. The van der Waals surface area contributed by atoms with Crippen molar-refractivity contribution in [2.75, 3.05) is 4.72 Å². The van der Waals surface area contributed by atoms with E-state index in [2.05, 4.69) is 14.7 Å². The zero-order valence-electron chi connectivity index (χ0n) is 9.29. The number of aromatic nitrogens is 2. The van der Waals surface area contributed by atoms with Gasteiger partial charge in [-0.1, -0.05) is 0 Å². The van der Waals surface area contributed by atoms with Crippen LogP contribution in [0.5, 0.6) is 0 Å². The Morgan fingerprint density at radius 3 is 2.68 bits per heavy atom. The highest BCUT2D eigenvalue weighted by Crippen LogP contribution is 2.17. The Bertz CT molecular complexity index is 712. The van der Waals surface area contributed by atoms with Gasteiger partial charge in [-0.05, 0) is 18.2 Å². The highest BCUT2D eigenvalue weighted by Gasteiger charge is 2.17. The first kappa shape index (κ1) is 13.0. The van der Waals surface area contributed by atoms with E-state index in [0.29, 0.717) is 0 Å². The highest BCUT2D eigenvalue weighted by molar-refractivity contribution is 7.92. The number of carbonyl (C=O) groups is 1. The van der Waals surface area contributed by atoms with Gasteiger partial charge in [-0.25, -0.2) is 14.2 Å². The van der Waals surface area contributed by atoms with Gasteiger partial charge in [-0.2, -0.15) is 8.42 Å². The number of nitrogens with zero attached hydrogens (tertiary/aromatic N) is 1. The van der Waals surface area contributed by atoms with Crippen molar-refractivity contribution in [2.24, 2.45) is 0 Å². The van der Waals surface area contributed by atoms with Crippen LogP contribution in [0.1, 0.15) is 10.4 Å². The van der Waals surface area contributed by atoms with E-state index in [-0.39, 0.29) is 10.7 Å². The lowest BCUT2D eigenvalue weighted by atomic mass is 10.2. The summed E-state index contributed by atoms with van der Waals surface area (Å²) in [6, 6.07) is 2.92. The molecule has 2 aromatic rings. The van der Waals surface area contributed by atoms with Crippen molar-refractivity contribution < 1.29 is 22.7 Å². The third kappa shape index (κ3) is 2.71. The second kappa shape index (κ2) is 4.69. The Kier molecular flexibility index (Phi) is 3.21. The van der Waals surface area contributed by atoms with Crippen LogP contribution in [0.25, 0.3) is 0 Å². The molecule has 0 aliphatic heterocycles. The first-order valence-electron chi connectivity index (χ1n) is 4.94. The van der Waals surface area contributed by atoms with Crippen molar-refractivity contribution >= 4 is 21.7 Å². The Hall–Kier alpha value is -2.42. The van der Waals surface area contributed by atoms with Crippen LogP contribution in [0.3, 0.4) is 0 Å². The number of aromatic carboxylic acids is 1. The van der Waals surface area contributed by atoms with Crippen LogP contribution < -0.4 is 4.72 Å². The number of benzene rings is 1. The predicted octanol–water partition coefficient (Wildman–Crippen LogP) is 1.05. The lowest BCUT2D eigenvalue weighted by Gasteiger charge is -2.07. The molecule has 1 aromatic carbocycles. The first-order valence-corrected chi connectivity index (χ1v) is 6.42. The summed E-state index contributed by atoms with van der Waals surface area (Å²) in [5.41, 5.74) is -0.624. The molecule has 19 heavy (non-hydrogen) atoms. The normalized spacial score (nSPS) is 11.2. The molecule has 0 aliphatic carbocycles. The zero-order valence-corrected chi connectivity index (χ0v) is 10.1. The van der Waals surface area contributed by atoms with Crippen molar-refractivity contribution in [3.8, 4) is 0 Å². The van der Waals surface area contributed by atoms with Crippen LogP contribution in [-0.4, -0.2) is 29.5 Å². The van der Waals surface area contributed by atoms with Gasteiger partial charge in [0.15, 0.2) is 5.03 Å². The topological polar surface area (TPSA) is 112 Å². The minimum absolute atomic E-state index is 0.0860. The molecule has 1 heterocycles. The van der Waals surface area contributed by atoms with E-state index in [9.17, 15) is 17.6 Å². The molecule has 0 bridgehead atoms. The smallest absolute Gasteiger partial charge is 0.338 e. The average Bonchev–Trinajstić information content (AvgIpc) is 2.81. The van der Waals surface area contributed by atoms with Crippen LogP contribution in [0, 0.1) is 5.82 Å². The molecule has 2 rings (SSSR count). The van der Waals surface area contributed by atoms with E-state index in [1.165, 1.54) is 6.33 Å². The molecule has 0 saturated heterocycles. The number of imidazole rings is 1. The standard InChI is InChI=1S/C10H8FN3O4S/c11-8-3-6(1-2-7(8)10(15)16)14-19(17,18)9-4-12-5-13-9/h1-5,14H,(H,12,13)(H,15,16). The minimum Gasteiger partial charge on any atom is -0.478 e. The third-order valence-corrected chi connectivity index (χ3v) is 3.52. The summed E-state index contributed by atoms with van der Waals surface area (Å²) in [6.45, 7) is 0. The van der Waals surface area contributed by atoms with Crippen molar-refractivity contribution in [3.05, 3.63) is 42.1 Å². The number of anilines is 1. The third-order valence-electron chi connectivity index (χ3n) is 2.21. The van der Waals surface area contributed by atoms with E-state index < -0.39 is 27.4 Å². The van der Waals surface area contributed by atoms with Gasteiger partial charge >= 0.3 is 5.97 Å². The first-order chi connectivity index (χ1) is 8.90. The van der Waals surface area contributed by atoms with E-state index >= 15 is 0 Å². The summed E-state index contributed by atoms with van der Waals surface area (Å²) in [5.74, 6) is -2.46. The predicted molar refractivity (Wildman–Crippen MR) is 62.8 cm³/mol. The van der Waals surface area contributed by atoms with E-state index in [0.717, 1.165) is 24.4 Å². The van der Waals surface area contributed by atoms with Crippen LogP contribution >= 0.6 is 0 Å². The fourth-order valence-electron chi connectivity index (χ4n) is 1.35. The minimum atomic E-state index is -3.90. The van der Waals surface area contributed by atoms with Crippen molar-refractivity contribution in [1.82, 2.24) is 9.97 Å². The molecule has 0 fully saturated rings. The summed E-state index contributed by atoms with van der Waals surface area (Å²) in [6.07, 6.45) is 2.27. The summed E-state index contributed by atoms with van der Waals surface area (Å²) in [4.78, 5) is 16.6. The molecule has 9 heteroatoms. The maximum absolute atomic E-state index is 13.4. The number of aromatic amines is 1. The average molecular weight is 285 g/mol. The van der Waals surface area contributed by atoms with Gasteiger partial charge in [0, 0.05) is 0 Å². The van der Waals surface area contributed by atoms with Crippen LogP contribution in [0.4, 0.5) is 10.1 Å². The Balaban J connectivity index is 2.30. The molecule has 7 nitrogen and oxygen atoms in total. The second-order valence-electron chi connectivity index (χ2n) is 3.52. The molecule has 0 radical (unpaired) electrons. The number of hydrogen-bond donors (Lipinski definition) is 3. The molecule has 3 N–H and O–H groups in total. The molecule has 0 spiro atoms. The maximum Gasteiger partial charge on any atom is 0.338 e. The number of halogens is 1. The van der Waals surface area contributed by atoms with Gasteiger partial charge in [0.25, 0.3) is 10.0 Å². The lowest BCUT2D eigenvalue weighted by Crippen LogP contribution is -2.14. The van der Waals surface area contributed by atoms with Gasteiger partial charge in [-0.15, -0.1) is 0 Å². The number of sulfonamides is 1. The Morgan fingerprint density at radius 2 is 2.16 bits per heavy atom. The van der Waals surface area contributed by atoms with E-state index in [4.69, 9.17) is 5.11 Å². The number of carboxylic acids is 1. The molecule has 0 atom stereocenters. The molecule has 0 saturated carbocycles. The largest absolute Gasteiger partial charge is 0.478 e. The molecular formula is C10H8FN3O4S. The van der Waals surface area contributed by atoms with Crippen molar-refractivity contribution in [1.29, 1.82) is 0 Å². The summed E-state index contributed by atoms with van der Waals surface area (Å²) in [5, 5.41) is 8.46. The van der Waals surface area contributed by atoms with Crippen molar-refractivity contribution in [3.63, 3.8) is 0 Å². The van der Waals surface area contributed by atoms with Gasteiger partial charge < -0.3 is 10.1 Å². The molecule has 100 valence electrons. The summed E-state index contributed by atoms with van der Waals surface area (Å²) < 4.78 is 39.0. The number of H-pyrrole nitrogens is 1. The fourth-order valence-corrected chi connectivity index (χ4v) is 2.31. The van der Waals surface area contributed by atoms with Crippen molar-refractivity contribution in [2.45, 2.75) is 5.03 Å². The SMILES string of the molecule is O=C(O)c1ccc(NS(=O)(=O)c2cnc[nH]2)cc1F. The Morgan fingerprint density at radius 1 is 1.42 bits per heavy atom. The molecular weight excluding hydrogens is 277 g/mol. The monoisotopic (exact) mass is 285 g/mol. The van der Waals surface area contributed by atoms with Gasteiger partial charge in [0.1, 0.15) is 5.82 Å². The number of carboxylic acid groups (broad SMARTS) is 1. The number of hydrogen-bond acceptors (Lipinski definition) is 4. The second-order valence-corrected chi connectivity index (χ2v) is 5.17. The van der Waals surface area contributed by atoms with Crippen LogP contribution in [0.2, 0.25) is 0 Å². The van der Waals surface area contributed by atoms with Gasteiger partial charge in [0.2, 0.25) is 0 Å². The maximum atomic E-state index is 13.4. The lowest BCUT2D eigenvalue weighted by molar-refractivity contribution is 0.0692. The highest BCUT2D eigenvalue weighted by atomic mass is 32.2. The molecule has 0 amide bonds. The number of nitrogens with one attached hydrogen (secondary N) is 2. The van der Waals surface area contributed by atoms with Crippen LogP contribution in [0.15, 0.2) is 35.7 Å². The van der Waals surface area contributed by atoms with E-state index in [1.54, 1.807) is 0 Å². The van der Waals surface area contributed by atoms with Gasteiger partial charge in [-0.3, -0.25) is 4.72 Å². The molecule has 1 aromatic heterocycles. The van der Waals surface area contributed by atoms with E-state index in [1.807, 2.05) is 0 Å². The van der Waals surface area contributed by atoms with Crippen LogP contribution in [-0.2, 0) is 10.0 Å². The Labute approximate surface area is 107 Å². The summed E-state index contributed by atoms with van der Waals surface area (Å²) in [7, 11) is -3.90. The molecule has 0 aliphatic rings. The fraction of sp³-hybridized carbons (Fsp3) is 0. The quantitative estimate of drug-likeness (QED) is 0.777. The van der Waals surface area contributed by atoms with Gasteiger partial charge in [0.05, 0.1) is 23.8 Å². The zero-order chi connectivity index (χ0) is 14.0. The molecule has 0 unspecified atom stereocenters. The number of rotatable bonds is 4.